The minimum Gasteiger partial charge on any atom is -0.463 e. The van der Waals surface area contributed by atoms with E-state index in [-0.39, 0.29) is 19.2 Å². The molecule has 0 amide bonds. The molecule has 0 aromatic heterocycles. The minimum absolute atomic E-state index is 0.103. The van der Waals surface area contributed by atoms with Crippen LogP contribution in [0.3, 0.4) is 0 Å². The molecule has 0 aliphatic rings. The summed E-state index contributed by atoms with van der Waals surface area (Å²) in [5, 5.41) is 9.55. The van der Waals surface area contributed by atoms with Crippen molar-refractivity contribution in [2.75, 3.05) is 19.8 Å². The van der Waals surface area contributed by atoms with Crippen LogP contribution in [-0.4, -0.2) is 37.0 Å². The van der Waals surface area contributed by atoms with Gasteiger partial charge in [-0.1, -0.05) is 154 Å². The molecule has 0 aliphatic heterocycles. The fourth-order valence-corrected chi connectivity index (χ4v) is 5.04. The maximum atomic E-state index is 12.0. The summed E-state index contributed by atoms with van der Waals surface area (Å²) in [5.74, 6) is -0.163. The molecule has 0 heterocycles. The first kappa shape index (κ1) is 39.9. The van der Waals surface area contributed by atoms with Gasteiger partial charge in [0.15, 0.2) is 0 Å². The molecule has 1 unspecified atom stereocenters. The van der Waals surface area contributed by atoms with E-state index in [2.05, 4.69) is 38.2 Å². The summed E-state index contributed by atoms with van der Waals surface area (Å²) >= 11 is 0. The second kappa shape index (κ2) is 35.1. The summed E-state index contributed by atoms with van der Waals surface area (Å²) in [4.78, 5) is 12.0. The van der Waals surface area contributed by atoms with Crippen molar-refractivity contribution in [1.82, 2.24) is 0 Å². The van der Waals surface area contributed by atoms with Gasteiger partial charge in [0.1, 0.15) is 12.7 Å². The Bertz CT molecular complexity index is 571. The molecule has 0 bridgehead atoms. The van der Waals surface area contributed by atoms with Crippen molar-refractivity contribution in [3.05, 3.63) is 24.3 Å². The van der Waals surface area contributed by atoms with Gasteiger partial charge in [-0.25, -0.2) is 0 Å². The average Bonchev–Trinajstić information content (AvgIpc) is 2.98. The number of aliphatic hydroxyl groups is 1. The van der Waals surface area contributed by atoms with Gasteiger partial charge in [-0.3, -0.25) is 4.79 Å². The van der Waals surface area contributed by atoms with E-state index in [1.165, 1.54) is 128 Å². The molecular weight excluding hydrogens is 508 g/mol. The Hall–Kier alpha value is -1.13. The molecule has 0 radical (unpaired) electrons. The Labute approximate surface area is 256 Å². The van der Waals surface area contributed by atoms with Crippen LogP contribution in [0.4, 0.5) is 0 Å². The summed E-state index contributed by atoms with van der Waals surface area (Å²) < 4.78 is 11.1. The first-order valence-electron chi connectivity index (χ1n) is 17.9. The van der Waals surface area contributed by atoms with Gasteiger partial charge < -0.3 is 14.6 Å². The second-order valence-electron chi connectivity index (χ2n) is 11.9. The zero-order valence-electron chi connectivity index (χ0n) is 27.6. The molecule has 0 aromatic rings. The molecule has 4 heteroatoms. The lowest BCUT2D eigenvalue weighted by molar-refractivity contribution is -0.149. The number of rotatable bonds is 33. The van der Waals surface area contributed by atoms with E-state index in [0.717, 1.165) is 32.1 Å². The summed E-state index contributed by atoms with van der Waals surface area (Å²) in [6.45, 7) is 5.20. The number of unbranched alkanes of at least 4 members (excludes halogenated alkanes) is 21. The van der Waals surface area contributed by atoms with Gasteiger partial charge in [0.05, 0.1) is 6.61 Å². The number of esters is 1. The lowest BCUT2D eigenvalue weighted by Crippen LogP contribution is -2.26. The molecule has 0 aromatic carbocycles. The molecule has 0 saturated carbocycles. The van der Waals surface area contributed by atoms with E-state index < -0.39 is 6.10 Å². The van der Waals surface area contributed by atoms with Crippen LogP contribution in [0.5, 0.6) is 0 Å². The zero-order valence-corrected chi connectivity index (χ0v) is 27.6. The molecule has 0 spiro atoms. The minimum atomic E-state index is -0.399. The number of hydrogen-bond acceptors (Lipinski definition) is 4. The summed E-state index contributed by atoms with van der Waals surface area (Å²) in [7, 11) is 0. The van der Waals surface area contributed by atoms with E-state index in [1.54, 1.807) is 0 Å². The smallest absolute Gasteiger partial charge is 0.305 e. The summed E-state index contributed by atoms with van der Waals surface area (Å²) in [6, 6.07) is 0. The van der Waals surface area contributed by atoms with Gasteiger partial charge in [0.25, 0.3) is 0 Å². The van der Waals surface area contributed by atoms with Crippen LogP contribution < -0.4 is 0 Å². The number of hydrogen-bond donors (Lipinski definition) is 1. The van der Waals surface area contributed by atoms with Crippen LogP contribution in [0.15, 0.2) is 24.3 Å². The summed E-state index contributed by atoms with van der Waals surface area (Å²) in [6.07, 6.45) is 40.8. The average molecular weight is 579 g/mol. The topological polar surface area (TPSA) is 55.8 Å². The van der Waals surface area contributed by atoms with Gasteiger partial charge in [0, 0.05) is 13.0 Å². The van der Waals surface area contributed by atoms with Crippen molar-refractivity contribution >= 4 is 5.97 Å². The van der Waals surface area contributed by atoms with Gasteiger partial charge in [-0.05, 0) is 44.9 Å². The van der Waals surface area contributed by atoms with E-state index >= 15 is 0 Å². The Morgan fingerprint density at radius 1 is 0.585 bits per heavy atom. The highest BCUT2D eigenvalue weighted by atomic mass is 16.6. The summed E-state index contributed by atoms with van der Waals surface area (Å²) in [5.41, 5.74) is 0. The maximum absolute atomic E-state index is 12.0. The largest absolute Gasteiger partial charge is 0.463 e. The number of ether oxygens (including phenoxy) is 2. The highest BCUT2D eigenvalue weighted by Crippen LogP contribution is 2.13. The van der Waals surface area contributed by atoms with E-state index in [4.69, 9.17) is 9.47 Å². The van der Waals surface area contributed by atoms with Crippen LogP contribution in [-0.2, 0) is 14.3 Å². The van der Waals surface area contributed by atoms with Crippen LogP contribution in [0, 0.1) is 0 Å². The molecule has 1 N–H and O–H groups in total. The highest BCUT2D eigenvalue weighted by Gasteiger charge is 2.11. The van der Waals surface area contributed by atoms with Gasteiger partial charge in [-0.2, -0.15) is 0 Å². The van der Waals surface area contributed by atoms with Gasteiger partial charge in [0.2, 0.25) is 0 Å². The Morgan fingerprint density at radius 2 is 1.02 bits per heavy atom. The Kier molecular flexibility index (Phi) is 34.1. The molecule has 0 aliphatic carbocycles. The number of carbonyl (C=O) groups is 1. The first-order valence-corrected chi connectivity index (χ1v) is 17.9. The van der Waals surface area contributed by atoms with Gasteiger partial charge >= 0.3 is 5.97 Å². The van der Waals surface area contributed by atoms with Gasteiger partial charge in [-0.15, -0.1) is 0 Å². The normalized spacial score (nSPS) is 12.6. The zero-order chi connectivity index (χ0) is 29.9. The van der Waals surface area contributed by atoms with Crippen molar-refractivity contribution < 1.29 is 19.4 Å². The molecule has 41 heavy (non-hydrogen) atoms. The molecule has 4 nitrogen and oxygen atoms in total. The van der Waals surface area contributed by atoms with Crippen molar-refractivity contribution in [1.29, 1.82) is 0 Å². The number of carbonyl (C=O) groups excluding carboxylic acids is 1. The predicted molar refractivity (Wildman–Crippen MR) is 177 cm³/mol. The third-order valence-corrected chi connectivity index (χ3v) is 7.82. The third-order valence-electron chi connectivity index (χ3n) is 7.82. The molecule has 1 atom stereocenters. The van der Waals surface area contributed by atoms with Crippen LogP contribution >= 0.6 is 0 Å². The van der Waals surface area contributed by atoms with Crippen LogP contribution in [0.2, 0.25) is 0 Å². The first-order chi connectivity index (χ1) is 20.2. The lowest BCUT2D eigenvalue weighted by Gasteiger charge is -2.15. The van der Waals surface area contributed by atoms with Crippen molar-refractivity contribution in [3.8, 4) is 0 Å². The van der Waals surface area contributed by atoms with Crippen LogP contribution in [0.1, 0.15) is 181 Å². The number of allylic oxidation sites excluding steroid dienone is 4. The maximum Gasteiger partial charge on any atom is 0.305 e. The van der Waals surface area contributed by atoms with Crippen molar-refractivity contribution in [2.24, 2.45) is 0 Å². The second-order valence-corrected chi connectivity index (χ2v) is 11.9. The SMILES string of the molecule is CCCCC/C=C\C/C=C\CCCCCCCCOC(CO)COC(=O)CCCCCCCCCCCCCCC. The Balaban J connectivity index is 3.45. The predicted octanol–water partition coefficient (Wildman–Crippen LogP) is 11.2. The monoisotopic (exact) mass is 579 g/mol. The van der Waals surface area contributed by atoms with E-state index in [9.17, 15) is 9.90 Å². The molecule has 242 valence electrons. The Morgan fingerprint density at radius 3 is 1.56 bits per heavy atom. The molecule has 0 rings (SSSR count). The fourth-order valence-electron chi connectivity index (χ4n) is 5.04. The quantitative estimate of drug-likeness (QED) is 0.0478. The molecular formula is C37H70O4. The molecule has 0 fully saturated rings. The van der Waals surface area contributed by atoms with Crippen molar-refractivity contribution in [2.45, 2.75) is 187 Å². The standard InChI is InChI=1S/C37H70O4/c1-3-5-7-9-11-13-15-17-18-19-21-23-25-27-29-31-33-40-36(34-38)35-41-37(39)32-30-28-26-24-22-20-16-14-12-10-8-6-4-2/h11,13,17-18,36,38H,3-10,12,14-16,19-35H2,1-2H3/b13-11-,18-17-. The lowest BCUT2D eigenvalue weighted by atomic mass is 10.0. The number of aliphatic hydroxyl groups excluding tert-OH is 1. The van der Waals surface area contributed by atoms with E-state index in [0.29, 0.717) is 13.0 Å². The molecule has 0 saturated heterocycles. The van der Waals surface area contributed by atoms with Crippen molar-refractivity contribution in [3.63, 3.8) is 0 Å². The highest BCUT2D eigenvalue weighted by molar-refractivity contribution is 5.69. The third kappa shape index (κ3) is 33.2. The van der Waals surface area contributed by atoms with Crippen LogP contribution in [0.25, 0.3) is 0 Å². The fraction of sp³-hybridized carbons (Fsp3) is 0.865. The van der Waals surface area contributed by atoms with E-state index in [1.807, 2.05) is 0 Å².